The third kappa shape index (κ3) is 4.65. The summed E-state index contributed by atoms with van der Waals surface area (Å²) in [5.41, 5.74) is 1.06. The van der Waals surface area contributed by atoms with Gasteiger partial charge in [-0.25, -0.2) is 0 Å². The topological polar surface area (TPSA) is 76.3 Å². The first-order valence-corrected chi connectivity index (χ1v) is 7.51. The molecule has 0 bridgehead atoms. The number of ketones is 1. The van der Waals surface area contributed by atoms with E-state index in [0.717, 1.165) is 0 Å². The van der Waals surface area contributed by atoms with Crippen LogP contribution in [0.15, 0.2) is 28.8 Å². The van der Waals surface area contributed by atoms with E-state index in [1.165, 1.54) is 24.1 Å². The van der Waals surface area contributed by atoms with Crippen LogP contribution in [0.5, 0.6) is 0 Å². The van der Waals surface area contributed by atoms with Gasteiger partial charge in [-0.15, -0.1) is 0 Å². The lowest BCUT2D eigenvalue weighted by Crippen LogP contribution is -2.32. The molecule has 0 N–H and O–H groups in total. The van der Waals surface area contributed by atoms with Gasteiger partial charge in [0.05, 0.1) is 0 Å². The molecule has 0 spiro atoms. The van der Waals surface area contributed by atoms with Gasteiger partial charge in [-0.05, 0) is 12.0 Å². The summed E-state index contributed by atoms with van der Waals surface area (Å²) in [6.45, 7) is 2.01. The Morgan fingerprint density at radius 3 is 2.36 bits per heavy atom. The van der Waals surface area contributed by atoms with Gasteiger partial charge in [0, 0.05) is 25.6 Å². The minimum Gasteiger partial charge on any atom is -0.335 e. The van der Waals surface area contributed by atoms with Gasteiger partial charge >= 0.3 is 12.1 Å². The molecule has 1 aromatic heterocycles. The van der Waals surface area contributed by atoms with Crippen molar-refractivity contribution in [3.05, 3.63) is 35.7 Å². The molecule has 0 atom stereocenters. The van der Waals surface area contributed by atoms with Crippen LogP contribution in [0.25, 0.3) is 11.4 Å². The Morgan fingerprint density at radius 2 is 1.84 bits per heavy atom. The van der Waals surface area contributed by atoms with Crippen LogP contribution in [0.1, 0.15) is 31.2 Å². The van der Waals surface area contributed by atoms with Gasteiger partial charge in [0.25, 0.3) is 5.91 Å². The predicted octanol–water partition coefficient (Wildman–Crippen LogP) is 3.08. The molecule has 0 unspecified atom stereocenters. The quantitative estimate of drug-likeness (QED) is 0.744. The minimum absolute atomic E-state index is 0.179. The normalized spacial score (nSPS) is 11.4. The molecule has 9 heteroatoms. The molecule has 25 heavy (non-hydrogen) atoms. The van der Waals surface area contributed by atoms with Crippen molar-refractivity contribution in [1.29, 1.82) is 0 Å². The maximum Gasteiger partial charge on any atom is 0.471 e. The maximum absolute atomic E-state index is 12.5. The number of benzene rings is 1. The zero-order chi connectivity index (χ0) is 18.6. The highest BCUT2D eigenvalue weighted by Crippen LogP contribution is 2.29. The van der Waals surface area contributed by atoms with Gasteiger partial charge in [0.1, 0.15) is 0 Å². The standard InChI is InChI=1S/C16H16F3N3O3/c1-3-4-12(23)14(24)22(2)9-10-5-7-11(8-6-10)13-20-15(25-21-13)16(17,18)19/h5-8H,3-4,9H2,1-2H3. The SMILES string of the molecule is CCCC(=O)C(=O)N(C)Cc1ccc(-c2noc(C(F)(F)F)n2)cc1. The molecule has 1 heterocycles. The number of hydrogen-bond donors (Lipinski definition) is 0. The summed E-state index contributed by atoms with van der Waals surface area (Å²) in [5, 5.41) is 3.30. The van der Waals surface area contributed by atoms with Crippen LogP contribution in [0.3, 0.4) is 0 Å². The molecular weight excluding hydrogens is 339 g/mol. The second-order valence-corrected chi connectivity index (χ2v) is 5.45. The van der Waals surface area contributed by atoms with Crippen LogP contribution < -0.4 is 0 Å². The third-order valence-corrected chi connectivity index (χ3v) is 3.36. The number of amides is 1. The molecule has 2 rings (SSSR count). The zero-order valence-corrected chi connectivity index (χ0v) is 13.6. The van der Waals surface area contributed by atoms with Crippen molar-refractivity contribution < 1.29 is 27.3 Å². The number of Topliss-reactive ketones (excluding diaryl/α,β-unsaturated/α-hetero) is 1. The smallest absolute Gasteiger partial charge is 0.335 e. The number of rotatable bonds is 6. The van der Waals surface area contributed by atoms with Gasteiger partial charge in [-0.3, -0.25) is 9.59 Å². The lowest BCUT2D eigenvalue weighted by atomic mass is 10.1. The van der Waals surface area contributed by atoms with Gasteiger partial charge in [-0.1, -0.05) is 36.3 Å². The summed E-state index contributed by atoms with van der Waals surface area (Å²) < 4.78 is 41.6. The Balaban J connectivity index is 2.06. The van der Waals surface area contributed by atoms with Crippen LogP contribution in [-0.4, -0.2) is 33.8 Å². The van der Waals surface area contributed by atoms with Crippen molar-refractivity contribution in [3.8, 4) is 11.4 Å². The van der Waals surface area contributed by atoms with Crippen molar-refractivity contribution >= 4 is 11.7 Å². The Morgan fingerprint density at radius 1 is 1.20 bits per heavy atom. The first kappa shape index (κ1) is 18.6. The third-order valence-electron chi connectivity index (χ3n) is 3.36. The molecule has 0 saturated carbocycles. The second kappa shape index (κ2) is 7.45. The van der Waals surface area contributed by atoms with Crippen LogP contribution >= 0.6 is 0 Å². The molecule has 2 aromatic rings. The van der Waals surface area contributed by atoms with E-state index in [4.69, 9.17) is 0 Å². The summed E-state index contributed by atoms with van der Waals surface area (Å²) in [4.78, 5) is 28.0. The molecule has 0 aliphatic heterocycles. The first-order valence-electron chi connectivity index (χ1n) is 7.51. The predicted molar refractivity (Wildman–Crippen MR) is 81.1 cm³/mol. The molecular formula is C16H16F3N3O3. The van der Waals surface area contributed by atoms with Crippen LogP contribution in [0.4, 0.5) is 13.2 Å². The summed E-state index contributed by atoms with van der Waals surface area (Å²) in [6, 6.07) is 6.28. The van der Waals surface area contributed by atoms with Crippen LogP contribution in [0, 0.1) is 0 Å². The second-order valence-electron chi connectivity index (χ2n) is 5.45. The van der Waals surface area contributed by atoms with Gasteiger partial charge in [0.2, 0.25) is 11.6 Å². The van der Waals surface area contributed by atoms with E-state index in [9.17, 15) is 22.8 Å². The molecule has 0 radical (unpaired) electrons. The highest BCUT2D eigenvalue weighted by molar-refractivity contribution is 6.35. The van der Waals surface area contributed by atoms with Crippen molar-refractivity contribution in [2.24, 2.45) is 0 Å². The number of hydrogen-bond acceptors (Lipinski definition) is 5. The highest BCUT2D eigenvalue weighted by atomic mass is 19.4. The first-order chi connectivity index (χ1) is 11.7. The van der Waals surface area contributed by atoms with Gasteiger partial charge < -0.3 is 9.42 Å². The summed E-state index contributed by atoms with van der Waals surface area (Å²) in [7, 11) is 1.51. The fraction of sp³-hybridized carbons (Fsp3) is 0.375. The maximum atomic E-state index is 12.5. The molecule has 134 valence electrons. The molecule has 1 aromatic carbocycles. The van der Waals surface area contributed by atoms with Gasteiger partial charge in [0.15, 0.2) is 0 Å². The minimum atomic E-state index is -4.70. The van der Waals surface area contributed by atoms with Gasteiger partial charge in [-0.2, -0.15) is 18.2 Å². The number of likely N-dealkylation sites (N-methyl/N-ethyl adjacent to an activating group) is 1. The molecule has 1 amide bonds. The van der Waals surface area contributed by atoms with Crippen molar-refractivity contribution in [2.45, 2.75) is 32.5 Å². The van der Waals surface area contributed by atoms with E-state index < -0.39 is 23.8 Å². The van der Waals surface area contributed by atoms with Crippen molar-refractivity contribution in [3.63, 3.8) is 0 Å². The Labute approximate surface area is 141 Å². The number of carbonyl (C=O) groups excluding carboxylic acids is 2. The highest BCUT2D eigenvalue weighted by Gasteiger charge is 2.38. The molecule has 0 saturated heterocycles. The Bertz CT molecular complexity index is 754. The van der Waals surface area contributed by atoms with Crippen molar-refractivity contribution in [1.82, 2.24) is 15.0 Å². The average molecular weight is 355 g/mol. The molecule has 0 aliphatic rings. The fourth-order valence-electron chi connectivity index (χ4n) is 2.11. The number of aromatic nitrogens is 2. The van der Waals surface area contributed by atoms with E-state index in [1.807, 2.05) is 6.92 Å². The monoisotopic (exact) mass is 355 g/mol. The number of nitrogens with zero attached hydrogens (tertiary/aromatic N) is 3. The summed E-state index contributed by atoms with van der Waals surface area (Å²) in [6.07, 6.45) is -3.90. The Hall–Kier alpha value is -2.71. The fourth-order valence-corrected chi connectivity index (χ4v) is 2.11. The van der Waals surface area contributed by atoms with E-state index in [0.29, 0.717) is 17.5 Å². The number of alkyl halides is 3. The number of carbonyl (C=O) groups is 2. The van der Waals surface area contributed by atoms with Crippen molar-refractivity contribution in [2.75, 3.05) is 7.05 Å². The Kier molecular flexibility index (Phi) is 5.55. The van der Waals surface area contributed by atoms with E-state index in [-0.39, 0.29) is 18.8 Å². The molecule has 0 aliphatic carbocycles. The summed E-state index contributed by atoms with van der Waals surface area (Å²) >= 11 is 0. The number of halogens is 3. The lowest BCUT2D eigenvalue weighted by molar-refractivity contribution is -0.159. The van der Waals surface area contributed by atoms with E-state index >= 15 is 0 Å². The molecule has 6 nitrogen and oxygen atoms in total. The van der Waals surface area contributed by atoms with Crippen LogP contribution in [-0.2, 0) is 22.3 Å². The zero-order valence-electron chi connectivity index (χ0n) is 13.6. The average Bonchev–Trinajstić information content (AvgIpc) is 3.05. The summed E-state index contributed by atoms with van der Waals surface area (Å²) in [5.74, 6) is -2.61. The largest absolute Gasteiger partial charge is 0.471 e. The molecule has 0 fully saturated rings. The lowest BCUT2D eigenvalue weighted by Gasteiger charge is -2.16. The van der Waals surface area contributed by atoms with Crippen LogP contribution in [0.2, 0.25) is 0 Å². The van der Waals surface area contributed by atoms with E-state index in [2.05, 4.69) is 14.7 Å². The van der Waals surface area contributed by atoms with E-state index in [1.54, 1.807) is 12.1 Å².